The van der Waals surface area contributed by atoms with E-state index in [4.69, 9.17) is 9.47 Å². The molecule has 0 fully saturated rings. The monoisotopic (exact) mass is 460 g/mol. The van der Waals surface area contributed by atoms with Gasteiger partial charge in [0.15, 0.2) is 17.5 Å². The molecule has 2 N–H and O–H groups in total. The van der Waals surface area contributed by atoms with Gasteiger partial charge in [0, 0.05) is 12.1 Å². The third-order valence-electron chi connectivity index (χ3n) is 5.57. The maximum atomic E-state index is 13.9. The molecule has 0 radical (unpaired) electrons. The predicted molar refractivity (Wildman–Crippen MR) is 117 cm³/mol. The molecule has 3 aromatic rings. The highest BCUT2D eigenvalue weighted by atomic mass is 19.4. The van der Waals surface area contributed by atoms with Gasteiger partial charge in [-0.05, 0) is 42.3 Å². The molecular formula is C23H23F3N4O3. The normalized spacial score (nSPS) is 17.6. The Bertz CT molecular complexity index is 1180. The zero-order valence-electron chi connectivity index (χ0n) is 18.2. The Balaban J connectivity index is 1.70. The van der Waals surface area contributed by atoms with Crippen LogP contribution in [0.15, 0.2) is 48.7 Å². The second kappa shape index (κ2) is 8.68. The number of ether oxygens (including phenoxy) is 2. The number of carbonyl (C=O) groups excluding carboxylic acids is 1. The molecule has 0 unspecified atom stereocenters. The third kappa shape index (κ3) is 4.46. The van der Waals surface area contributed by atoms with E-state index in [1.807, 2.05) is 13.0 Å². The van der Waals surface area contributed by atoms with Crippen molar-refractivity contribution in [2.24, 2.45) is 0 Å². The summed E-state index contributed by atoms with van der Waals surface area (Å²) in [5.74, 6) is 0.321. The molecule has 1 amide bonds. The van der Waals surface area contributed by atoms with Gasteiger partial charge in [0.2, 0.25) is 0 Å². The van der Waals surface area contributed by atoms with E-state index in [1.54, 1.807) is 36.4 Å². The highest BCUT2D eigenvalue weighted by molar-refractivity contribution is 6.07. The standard InChI is InChI=1S/C23H23F3N4O3/c1-13-5-4-6-15(9-13)28-22(31)16-12-27-30-20(23(24,25)26)11-17(29-21(16)30)14-7-8-18(32-2)19(10-14)33-3/h4-10,12,17,20,29H,11H2,1-3H3,(H,28,31)/t17-,20+/m1/s1. The van der Waals surface area contributed by atoms with Gasteiger partial charge in [0.1, 0.15) is 11.4 Å². The molecule has 1 aliphatic heterocycles. The summed E-state index contributed by atoms with van der Waals surface area (Å²) in [4.78, 5) is 12.9. The van der Waals surface area contributed by atoms with Crippen molar-refractivity contribution in [1.29, 1.82) is 0 Å². The first kappa shape index (κ1) is 22.5. The Labute approximate surface area is 188 Å². The van der Waals surface area contributed by atoms with Crippen molar-refractivity contribution in [2.45, 2.75) is 31.6 Å². The maximum absolute atomic E-state index is 13.9. The summed E-state index contributed by atoms with van der Waals surface area (Å²) in [6.07, 6.45) is -3.70. The summed E-state index contributed by atoms with van der Waals surface area (Å²) in [5, 5.41) is 9.70. The van der Waals surface area contributed by atoms with Crippen molar-refractivity contribution in [3.8, 4) is 11.5 Å². The van der Waals surface area contributed by atoms with Crippen molar-refractivity contribution >= 4 is 17.4 Å². The molecule has 2 heterocycles. The van der Waals surface area contributed by atoms with Crippen LogP contribution in [0.25, 0.3) is 0 Å². The number of hydrogen-bond acceptors (Lipinski definition) is 5. The quantitative estimate of drug-likeness (QED) is 0.553. The number of amides is 1. The zero-order chi connectivity index (χ0) is 23.8. The molecular weight excluding hydrogens is 437 g/mol. The molecule has 7 nitrogen and oxygen atoms in total. The minimum Gasteiger partial charge on any atom is -0.493 e. The van der Waals surface area contributed by atoms with E-state index >= 15 is 0 Å². The van der Waals surface area contributed by atoms with Gasteiger partial charge < -0.3 is 20.1 Å². The fourth-order valence-electron chi connectivity index (χ4n) is 3.94. The lowest BCUT2D eigenvalue weighted by Crippen LogP contribution is -2.36. The first-order valence-corrected chi connectivity index (χ1v) is 10.2. The lowest BCUT2D eigenvalue weighted by Gasteiger charge is -2.34. The van der Waals surface area contributed by atoms with E-state index in [-0.39, 0.29) is 17.8 Å². The average Bonchev–Trinajstić information content (AvgIpc) is 3.21. The van der Waals surface area contributed by atoms with Gasteiger partial charge >= 0.3 is 6.18 Å². The first-order valence-electron chi connectivity index (χ1n) is 10.2. The second-order valence-electron chi connectivity index (χ2n) is 7.78. The number of aryl methyl sites for hydroxylation is 1. The summed E-state index contributed by atoms with van der Waals surface area (Å²) in [5.41, 5.74) is 2.07. The van der Waals surface area contributed by atoms with Gasteiger partial charge in [-0.2, -0.15) is 18.3 Å². The van der Waals surface area contributed by atoms with E-state index < -0.39 is 24.2 Å². The van der Waals surface area contributed by atoms with Crippen LogP contribution < -0.4 is 20.1 Å². The number of halogens is 3. The van der Waals surface area contributed by atoms with Crippen LogP contribution >= 0.6 is 0 Å². The number of fused-ring (bicyclic) bond motifs is 1. The van der Waals surface area contributed by atoms with Crippen LogP contribution in [0.2, 0.25) is 0 Å². The minimum absolute atomic E-state index is 0.00788. The molecule has 0 bridgehead atoms. The van der Waals surface area contributed by atoms with Gasteiger partial charge in [-0.15, -0.1) is 0 Å². The predicted octanol–water partition coefficient (Wildman–Crippen LogP) is 5.12. The van der Waals surface area contributed by atoms with Gasteiger partial charge in [-0.1, -0.05) is 18.2 Å². The van der Waals surface area contributed by atoms with Crippen LogP contribution in [0.4, 0.5) is 24.7 Å². The molecule has 2 aromatic carbocycles. The van der Waals surface area contributed by atoms with Crippen LogP contribution in [-0.4, -0.2) is 36.1 Å². The first-order chi connectivity index (χ1) is 15.7. The molecule has 1 aromatic heterocycles. The van der Waals surface area contributed by atoms with Crippen LogP contribution in [0.3, 0.4) is 0 Å². The summed E-state index contributed by atoms with van der Waals surface area (Å²) in [6.45, 7) is 1.88. The molecule has 1 aliphatic rings. The lowest BCUT2D eigenvalue weighted by atomic mass is 9.96. The molecule has 33 heavy (non-hydrogen) atoms. The molecule has 0 spiro atoms. The Morgan fingerprint density at radius 3 is 2.58 bits per heavy atom. The molecule has 10 heteroatoms. The summed E-state index contributed by atoms with van der Waals surface area (Å²) >= 11 is 0. The minimum atomic E-state index is -4.55. The number of rotatable bonds is 5. The van der Waals surface area contributed by atoms with Crippen molar-refractivity contribution in [1.82, 2.24) is 9.78 Å². The Morgan fingerprint density at radius 1 is 1.15 bits per heavy atom. The second-order valence-corrected chi connectivity index (χ2v) is 7.78. The molecule has 174 valence electrons. The van der Waals surface area contributed by atoms with Crippen molar-refractivity contribution in [2.75, 3.05) is 24.9 Å². The maximum Gasteiger partial charge on any atom is 0.410 e. The van der Waals surface area contributed by atoms with Crippen LogP contribution in [0.5, 0.6) is 11.5 Å². The van der Waals surface area contributed by atoms with Crippen molar-refractivity contribution in [3.05, 3.63) is 65.4 Å². The summed E-state index contributed by atoms with van der Waals surface area (Å²) < 4.78 is 53.2. The number of aromatic nitrogens is 2. The van der Waals surface area contributed by atoms with Gasteiger partial charge in [0.25, 0.3) is 5.91 Å². The zero-order valence-corrected chi connectivity index (χ0v) is 18.2. The topological polar surface area (TPSA) is 77.4 Å². The van der Waals surface area contributed by atoms with Crippen LogP contribution in [0.1, 0.15) is 40.0 Å². The lowest BCUT2D eigenvalue weighted by molar-refractivity contribution is -0.173. The summed E-state index contributed by atoms with van der Waals surface area (Å²) in [6, 6.07) is 9.44. The number of alkyl halides is 3. The molecule has 2 atom stereocenters. The van der Waals surface area contributed by atoms with Gasteiger partial charge in [-0.25, -0.2) is 4.68 Å². The highest BCUT2D eigenvalue weighted by Gasteiger charge is 2.47. The number of methoxy groups -OCH3 is 2. The number of nitrogens with one attached hydrogen (secondary N) is 2. The molecule has 0 aliphatic carbocycles. The van der Waals surface area contributed by atoms with E-state index in [0.29, 0.717) is 22.7 Å². The largest absolute Gasteiger partial charge is 0.493 e. The molecule has 4 rings (SSSR count). The number of carbonyl (C=O) groups is 1. The van der Waals surface area contributed by atoms with Crippen molar-refractivity contribution in [3.63, 3.8) is 0 Å². The number of nitrogens with zero attached hydrogens (tertiary/aromatic N) is 2. The van der Waals surface area contributed by atoms with E-state index in [2.05, 4.69) is 15.7 Å². The SMILES string of the molecule is COc1ccc([C@H]2C[C@@H](C(F)(F)F)n3ncc(C(=O)Nc4cccc(C)c4)c3N2)cc1OC. The molecule has 0 saturated carbocycles. The fourth-order valence-corrected chi connectivity index (χ4v) is 3.94. The van der Waals surface area contributed by atoms with E-state index in [1.165, 1.54) is 14.2 Å². The highest BCUT2D eigenvalue weighted by Crippen LogP contribution is 2.45. The van der Waals surface area contributed by atoms with E-state index in [0.717, 1.165) is 16.4 Å². The Hall–Kier alpha value is -3.69. The van der Waals surface area contributed by atoms with Crippen LogP contribution in [0, 0.1) is 6.92 Å². The smallest absolute Gasteiger partial charge is 0.410 e. The number of anilines is 2. The van der Waals surface area contributed by atoms with E-state index in [9.17, 15) is 18.0 Å². The number of hydrogen-bond donors (Lipinski definition) is 2. The van der Waals surface area contributed by atoms with Crippen LogP contribution in [-0.2, 0) is 0 Å². The fraction of sp³-hybridized carbons (Fsp3) is 0.304. The van der Waals surface area contributed by atoms with Gasteiger partial charge in [0.05, 0.1) is 26.5 Å². The van der Waals surface area contributed by atoms with Crippen molar-refractivity contribution < 1.29 is 27.4 Å². The Kier molecular flexibility index (Phi) is 5.92. The Morgan fingerprint density at radius 2 is 1.91 bits per heavy atom. The molecule has 0 saturated heterocycles. The number of benzene rings is 2. The van der Waals surface area contributed by atoms with Gasteiger partial charge in [-0.3, -0.25) is 4.79 Å². The third-order valence-corrected chi connectivity index (χ3v) is 5.57. The average molecular weight is 460 g/mol. The summed E-state index contributed by atoms with van der Waals surface area (Å²) in [7, 11) is 2.94.